The highest BCUT2D eigenvalue weighted by Gasteiger charge is 2.15. The first-order valence-corrected chi connectivity index (χ1v) is 15.5. The SMILES string of the molecule is Cn1c(=O)n(C)c2cc(-c3cccc(-c4nc(-c5ccccc5)nc(-c5ccc(-c6ccc7c(c6)CCC=C7)cc5)n4)c3)ccc21. The molecule has 222 valence electrons. The Morgan fingerprint density at radius 1 is 0.522 bits per heavy atom. The highest BCUT2D eigenvalue weighted by Crippen LogP contribution is 2.31. The Labute approximate surface area is 267 Å². The van der Waals surface area contributed by atoms with E-state index in [0.29, 0.717) is 17.5 Å². The summed E-state index contributed by atoms with van der Waals surface area (Å²) < 4.78 is 3.35. The number of allylic oxidation sites excluding steroid dienone is 1. The third kappa shape index (κ3) is 4.94. The average molecular weight is 598 g/mol. The van der Waals surface area contributed by atoms with Crippen molar-refractivity contribution in [3.8, 4) is 56.4 Å². The Bertz CT molecular complexity index is 2350. The van der Waals surface area contributed by atoms with E-state index in [9.17, 15) is 4.79 Å². The van der Waals surface area contributed by atoms with Gasteiger partial charge in [-0.25, -0.2) is 19.7 Å². The monoisotopic (exact) mass is 597 g/mol. The van der Waals surface area contributed by atoms with Crippen LogP contribution in [0.4, 0.5) is 0 Å². The second kappa shape index (κ2) is 11.2. The van der Waals surface area contributed by atoms with Gasteiger partial charge in [0.25, 0.3) is 0 Å². The molecule has 0 saturated carbocycles. The van der Waals surface area contributed by atoms with Crippen LogP contribution in [0.1, 0.15) is 17.5 Å². The van der Waals surface area contributed by atoms with Crippen LogP contribution in [0.2, 0.25) is 0 Å². The Morgan fingerprint density at radius 2 is 1.09 bits per heavy atom. The van der Waals surface area contributed by atoms with Gasteiger partial charge in [0.15, 0.2) is 17.5 Å². The molecule has 0 N–H and O–H groups in total. The number of aromatic nitrogens is 5. The number of hydrogen-bond acceptors (Lipinski definition) is 4. The summed E-state index contributed by atoms with van der Waals surface area (Å²) in [5.74, 6) is 1.85. The summed E-state index contributed by atoms with van der Waals surface area (Å²) >= 11 is 0. The van der Waals surface area contributed by atoms with Crippen LogP contribution in [0, 0.1) is 0 Å². The molecule has 2 heterocycles. The van der Waals surface area contributed by atoms with Crippen molar-refractivity contribution in [2.45, 2.75) is 12.8 Å². The van der Waals surface area contributed by atoms with Gasteiger partial charge in [0, 0.05) is 30.8 Å². The lowest BCUT2D eigenvalue weighted by atomic mass is 9.93. The highest BCUT2D eigenvalue weighted by molar-refractivity contribution is 5.84. The van der Waals surface area contributed by atoms with E-state index in [1.54, 1.807) is 23.2 Å². The van der Waals surface area contributed by atoms with Gasteiger partial charge in [0.05, 0.1) is 11.0 Å². The molecule has 1 aliphatic rings. The fourth-order valence-corrected chi connectivity index (χ4v) is 6.30. The normalized spacial score (nSPS) is 12.4. The maximum Gasteiger partial charge on any atom is 0.328 e. The first-order valence-electron chi connectivity index (χ1n) is 15.5. The molecule has 0 saturated heterocycles. The van der Waals surface area contributed by atoms with Gasteiger partial charge in [0.1, 0.15) is 0 Å². The molecule has 0 fully saturated rings. The molecule has 0 unspecified atom stereocenters. The topological polar surface area (TPSA) is 65.6 Å². The quantitative estimate of drug-likeness (QED) is 0.200. The number of imidazole rings is 1. The summed E-state index contributed by atoms with van der Waals surface area (Å²) in [5.41, 5.74) is 11.6. The van der Waals surface area contributed by atoms with Crippen LogP contribution < -0.4 is 5.69 Å². The van der Waals surface area contributed by atoms with Crippen molar-refractivity contribution in [1.29, 1.82) is 0 Å². The summed E-state index contributed by atoms with van der Waals surface area (Å²) in [4.78, 5) is 27.4. The number of hydrogen-bond donors (Lipinski definition) is 0. The van der Waals surface area contributed by atoms with E-state index in [-0.39, 0.29) is 5.69 Å². The van der Waals surface area contributed by atoms with Crippen molar-refractivity contribution < 1.29 is 0 Å². The van der Waals surface area contributed by atoms with Crippen molar-refractivity contribution >= 4 is 17.1 Å². The zero-order chi connectivity index (χ0) is 31.2. The van der Waals surface area contributed by atoms with Gasteiger partial charge < -0.3 is 0 Å². The van der Waals surface area contributed by atoms with E-state index in [2.05, 4.69) is 78.9 Å². The molecule has 1 aliphatic carbocycles. The highest BCUT2D eigenvalue weighted by atomic mass is 16.1. The second-order valence-electron chi connectivity index (χ2n) is 11.8. The van der Waals surface area contributed by atoms with Crippen LogP contribution in [-0.4, -0.2) is 24.1 Å². The number of rotatable bonds is 5. The zero-order valence-corrected chi connectivity index (χ0v) is 25.7. The van der Waals surface area contributed by atoms with E-state index in [1.807, 2.05) is 48.5 Å². The molecule has 8 rings (SSSR count). The van der Waals surface area contributed by atoms with E-state index in [4.69, 9.17) is 15.0 Å². The van der Waals surface area contributed by atoms with Crippen LogP contribution in [0.5, 0.6) is 0 Å². The molecule has 0 bridgehead atoms. The fourth-order valence-electron chi connectivity index (χ4n) is 6.30. The molecule has 5 aromatic carbocycles. The molecule has 0 radical (unpaired) electrons. The molecule has 6 heteroatoms. The lowest BCUT2D eigenvalue weighted by molar-refractivity contribution is 0.795. The van der Waals surface area contributed by atoms with Gasteiger partial charge in [-0.1, -0.05) is 109 Å². The zero-order valence-electron chi connectivity index (χ0n) is 25.7. The lowest BCUT2D eigenvalue weighted by Gasteiger charge is -2.13. The summed E-state index contributed by atoms with van der Waals surface area (Å²) in [7, 11) is 3.60. The molecule has 2 aromatic heterocycles. The molecule has 6 nitrogen and oxygen atoms in total. The third-order valence-corrected chi connectivity index (χ3v) is 8.89. The fraction of sp³-hybridized carbons (Fsp3) is 0.100. The van der Waals surface area contributed by atoms with Gasteiger partial charge in [-0.3, -0.25) is 9.13 Å². The standard InChI is InChI=1S/C40H31N5O/c1-44-35-22-21-33(25-36(35)45(2)40(44)46)31-13-8-14-34(24-31)39-42-37(28-10-4-3-5-11-28)41-38(43-39)29-18-15-27(16-19-29)32-20-17-26-9-6-7-12-30(26)23-32/h3-6,8-11,13-25H,7,12H2,1-2H3. The van der Waals surface area contributed by atoms with Crippen LogP contribution in [0.3, 0.4) is 0 Å². The predicted octanol–water partition coefficient (Wildman–Crippen LogP) is 8.36. The van der Waals surface area contributed by atoms with Gasteiger partial charge in [-0.05, 0) is 64.4 Å². The molecule has 0 aliphatic heterocycles. The van der Waals surface area contributed by atoms with Crippen molar-refractivity contribution in [1.82, 2.24) is 24.1 Å². The molecule has 7 aromatic rings. The maximum atomic E-state index is 12.5. The van der Waals surface area contributed by atoms with Gasteiger partial charge in [-0.15, -0.1) is 0 Å². The Balaban J connectivity index is 1.19. The van der Waals surface area contributed by atoms with Crippen molar-refractivity contribution in [3.05, 3.63) is 143 Å². The van der Waals surface area contributed by atoms with Crippen LogP contribution in [0.15, 0.2) is 126 Å². The van der Waals surface area contributed by atoms with Crippen molar-refractivity contribution in [2.24, 2.45) is 14.1 Å². The van der Waals surface area contributed by atoms with Crippen LogP contribution >= 0.6 is 0 Å². The first-order chi connectivity index (χ1) is 22.5. The summed E-state index contributed by atoms with van der Waals surface area (Å²) in [6, 6.07) is 39.6. The Morgan fingerprint density at radius 3 is 1.87 bits per heavy atom. The first kappa shape index (κ1) is 27.7. The van der Waals surface area contributed by atoms with Crippen LogP contribution in [-0.2, 0) is 20.5 Å². The molecular weight excluding hydrogens is 566 g/mol. The second-order valence-corrected chi connectivity index (χ2v) is 11.8. The molecule has 0 amide bonds. The maximum absolute atomic E-state index is 12.5. The lowest BCUT2D eigenvalue weighted by Crippen LogP contribution is -2.19. The third-order valence-electron chi connectivity index (χ3n) is 8.89. The minimum Gasteiger partial charge on any atom is -0.295 e. The Kier molecular flexibility index (Phi) is 6.76. The van der Waals surface area contributed by atoms with Gasteiger partial charge in [-0.2, -0.15) is 0 Å². The smallest absolute Gasteiger partial charge is 0.295 e. The largest absolute Gasteiger partial charge is 0.328 e. The van der Waals surface area contributed by atoms with Crippen molar-refractivity contribution in [2.75, 3.05) is 0 Å². The van der Waals surface area contributed by atoms with E-state index < -0.39 is 0 Å². The molecular formula is C40H31N5O. The van der Waals surface area contributed by atoms with Crippen molar-refractivity contribution in [3.63, 3.8) is 0 Å². The van der Waals surface area contributed by atoms with E-state index >= 15 is 0 Å². The van der Waals surface area contributed by atoms with Gasteiger partial charge >= 0.3 is 5.69 Å². The van der Waals surface area contributed by atoms with Crippen LogP contribution in [0.25, 0.3) is 73.5 Å². The predicted molar refractivity (Wildman–Crippen MR) is 186 cm³/mol. The molecule has 46 heavy (non-hydrogen) atoms. The van der Waals surface area contributed by atoms with Gasteiger partial charge in [0.2, 0.25) is 0 Å². The summed E-state index contributed by atoms with van der Waals surface area (Å²) in [6.45, 7) is 0. The van der Waals surface area contributed by atoms with E-state index in [1.165, 1.54) is 22.3 Å². The average Bonchev–Trinajstić information content (AvgIpc) is 3.34. The Hall–Kier alpha value is -5.88. The summed E-state index contributed by atoms with van der Waals surface area (Å²) in [6.07, 6.45) is 6.63. The summed E-state index contributed by atoms with van der Waals surface area (Å²) in [5, 5.41) is 0. The number of nitrogens with zero attached hydrogens (tertiary/aromatic N) is 5. The molecule has 0 spiro atoms. The van der Waals surface area contributed by atoms with E-state index in [0.717, 1.165) is 51.7 Å². The molecule has 0 atom stereocenters. The minimum absolute atomic E-state index is 0.0415. The number of fused-ring (bicyclic) bond motifs is 2. The number of benzene rings is 5. The number of aryl methyl sites for hydroxylation is 3. The minimum atomic E-state index is -0.0415.